The third-order valence-electron chi connectivity index (χ3n) is 4.43. The molecule has 0 fully saturated rings. The van der Waals surface area contributed by atoms with Crippen molar-refractivity contribution in [3.8, 4) is 0 Å². The Kier molecular flexibility index (Phi) is 2.70. The molecule has 2 aliphatic heterocycles. The molecule has 3 heteroatoms. The van der Waals surface area contributed by atoms with Crippen LogP contribution in [0, 0.1) is 0 Å². The summed E-state index contributed by atoms with van der Waals surface area (Å²) in [7, 11) is 0. The summed E-state index contributed by atoms with van der Waals surface area (Å²) >= 11 is 1.87. The van der Waals surface area contributed by atoms with Gasteiger partial charge in [-0.15, -0.1) is 11.8 Å². The van der Waals surface area contributed by atoms with Gasteiger partial charge in [-0.2, -0.15) is 0 Å². The minimum atomic E-state index is -0.306. The lowest BCUT2D eigenvalue weighted by molar-refractivity contribution is 0.252. The molecule has 2 nitrogen and oxygen atoms in total. The lowest BCUT2D eigenvalue weighted by Gasteiger charge is -2.48. The Morgan fingerprint density at radius 3 is 2.52 bits per heavy atom. The highest BCUT2D eigenvalue weighted by molar-refractivity contribution is 8.02. The standard InChI is InChI=1S/C18H17NOS/c1-3-20-16-17(2)18(19-16,13-9-5-4-6-10-13)14-11-7-8-12-15(14)21-17/h4-12H,3H2,1-2H3. The second-order valence-electron chi connectivity index (χ2n) is 5.56. The van der Waals surface area contributed by atoms with E-state index in [9.17, 15) is 0 Å². The molecule has 0 bridgehead atoms. The van der Waals surface area contributed by atoms with Gasteiger partial charge in [0.15, 0.2) is 0 Å². The van der Waals surface area contributed by atoms with E-state index in [0.717, 1.165) is 5.90 Å². The zero-order valence-electron chi connectivity index (χ0n) is 12.2. The van der Waals surface area contributed by atoms with E-state index in [2.05, 4.69) is 61.5 Å². The molecule has 2 atom stereocenters. The second kappa shape index (κ2) is 4.38. The van der Waals surface area contributed by atoms with Crippen LogP contribution >= 0.6 is 11.8 Å². The summed E-state index contributed by atoms with van der Waals surface area (Å²) in [4.78, 5) is 6.27. The topological polar surface area (TPSA) is 21.6 Å². The van der Waals surface area contributed by atoms with Crippen molar-refractivity contribution in [1.82, 2.24) is 0 Å². The van der Waals surface area contributed by atoms with Gasteiger partial charge in [-0.25, -0.2) is 4.99 Å². The monoisotopic (exact) mass is 295 g/mol. The van der Waals surface area contributed by atoms with Crippen molar-refractivity contribution >= 4 is 17.7 Å². The van der Waals surface area contributed by atoms with E-state index < -0.39 is 0 Å². The van der Waals surface area contributed by atoms with Gasteiger partial charge >= 0.3 is 0 Å². The summed E-state index contributed by atoms with van der Waals surface area (Å²) < 4.78 is 5.66. The number of thioether (sulfide) groups is 1. The first-order chi connectivity index (χ1) is 10.2. The third kappa shape index (κ3) is 1.47. The minimum absolute atomic E-state index is 0.145. The number of benzene rings is 2. The molecule has 0 aliphatic carbocycles. The van der Waals surface area contributed by atoms with E-state index in [1.807, 2.05) is 18.7 Å². The smallest absolute Gasteiger partial charge is 0.204 e. The fraction of sp³-hybridized carbons (Fsp3) is 0.278. The van der Waals surface area contributed by atoms with E-state index in [1.54, 1.807) is 0 Å². The summed E-state index contributed by atoms with van der Waals surface area (Å²) in [6.07, 6.45) is 0. The highest BCUT2D eigenvalue weighted by Crippen LogP contribution is 2.65. The van der Waals surface area contributed by atoms with Gasteiger partial charge in [0.2, 0.25) is 5.90 Å². The Labute approximate surface area is 129 Å². The molecule has 0 amide bonds. The van der Waals surface area contributed by atoms with Crippen molar-refractivity contribution in [2.24, 2.45) is 4.99 Å². The molecule has 0 saturated heterocycles. The zero-order valence-corrected chi connectivity index (χ0v) is 13.0. The summed E-state index contributed by atoms with van der Waals surface area (Å²) in [5, 5.41) is 0. The van der Waals surface area contributed by atoms with Gasteiger partial charge in [0, 0.05) is 4.90 Å². The highest BCUT2D eigenvalue weighted by Gasteiger charge is 2.67. The van der Waals surface area contributed by atoms with Crippen LogP contribution in [-0.4, -0.2) is 17.3 Å². The van der Waals surface area contributed by atoms with Crippen molar-refractivity contribution in [2.75, 3.05) is 6.61 Å². The zero-order chi connectivity index (χ0) is 14.5. The van der Waals surface area contributed by atoms with Gasteiger partial charge in [0.1, 0.15) is 10.3 Å². The van der Waals surface area contributed by atoms with Crippen LogP contribution in [-0.2, 0) is 10.3 Å². The molecule has 21 heavy (non-hydrogen) atoms. The lowest BCUT2D eigenvalue weighted by Crippen LogP contribution is -2.58. The normalized spacial score (nSPS) is 29.1. The van der Waals surface area contributed by atoms with Crippen LogP contribution < -0.4 is 0 Å². The predicted octanol–water partition coefficient (Wildman–Crippen LogP) is 4.24. The van der Waals surface area contributed by atoms with Crippen LogP contribution in [0.1, 0.15) is 25.0 Å². The Morgan fingerprint density at radius 1 is 1.05 bits per heavy atom. The molecule has 2 unspecified atom stereocenters. The van der Waals surface area contributed by atoms with Crippen molar-refractivity contribution in [1.29, 1.82) is 0 Å². The minimum Gasteiger partial charge on any atom is -0.480 e. The first kappa shape index (κ1) is 13.0. The van der Waals surface area contributed by atoms with E-state index in [0.29, 0.717) is 6.61 Å². The first-order valence-electron chi connectivity index (χ1n) is 7.29. The number of rotatable bonds is 2. The number of hydrogen-bond donors (Lipinski definition) is 0. The fourth-order valence-electron chi connectivity index (χ4n) is 3.46. The molecule has 2 aliphatic rings. The molecule has 0 aromatic heterocycles. The molecular formula is C18H17NOS. The van der Waals surface area contributed by atoms with Crippen LogP contribution in [0.3, 0.4) is 0 Å². The van der Waals surface area contributed by atoms with Gasteiger partial charge in [0.05, 0.1) is 6.61 Å². The largest absolute Gasteiger partial charge is 0.480 e. The van der Waals surface area contributed by atoms with Crippen LogP contribution in [0.25, 0.3) is 0 Å². The maximum absolute atomic E-state index is 5.80. The molecule has 4 rings (SSSR count). The summed E-state index contributed by atoms with van der Waals surface area (Å²) in [5.74, 6) is 0.870. The van der Waals surface area contributed by atoms with E-state index >= 15 is 0 Å². The second-order valence-corrected chi connectivity index (χ2v) is 7.02. The summed E-state index contributed by atoms with van der Waals surface area (Å²) in [5.41, 5.74) is 2.24. The number of nitrogens with zero attached hydrogens (tertiary/aromatic N) is 1. The van der Waals surface area contributed by atoms with Crippen LogP contribution in [0.4, 0.5) is 0 Å². The van der Waals surface area contributed by atoms with E-state index in [1.165, 1.54) is 16.0 Å². The number of fused-ring (bicyclic) bond motifs is 3. The predicted molar refractivity (Wildman–Crippen MR) is 87.0 cm³/mol. The van der Waals surface area contributed by atoms with Crippen LogP contribution in [0.5, 0.6) is 0 Å². The van der Waals surface area contributed by atoms with Crippen LogP contribution in [0.2, 0.25) is 0 Å². The van der Waals surface area contributed by atoms with Gasteiger partial charge < -0.3 is 4.74 Å². The highest BCUT2D eigenvalue weighted by atomic mass is 32.2. The number of aliphatic imine (C=N–C) groups is 1. The molecule has 2 aromatic carbocycles. The van der Waals surface area contributed by atoms with Gasteiger partial charge in [0.25, 0.3) is 0 Å². The van der Waals surface area contributed by atoms with E-state index in [4.69, 9.17) is 9.73 Å². The first-order valence-corrected chi connectivity index (χ1v) is 8.11. The van der Waals surface area contributed by atoms with Gasteiger partial charge in [-0.1, -0.05) is 48.5 Å². The molecule has 2 heterocycles. The molecule has 0 spiro atoms. The van der Waals surface area contributed by atoms with Crippen molar-refractivity contribution in [3.05, 3.63) is 65.7 Å². The average Bonchev–Trinajstić information content (AvgIpc) is 2.72. The molecule has 106 valence electrons. The maximum Gasteiger partial charge on any atom is 0.204 e. The van der Waals surface area contributed by atoms with Crippen molar-refractivity contribution < 1.29 is 4.74 Å². The van der Waals surface area contributed by atoms with Gasteiger partial charge in [-0.3, -0.25) is 0 Å². The molecule has 0 saturated carbocycles. The lowest BCUT2D eigenvalue weighted by atomic mass is 9.69. The van der Waals surface area contributed by atoms with Crippen molar-refractivity contribution in [2.45, 2.75) is 29.0 Å². The Morgan fingerprint density at radius 2 is 1.76 bits per heavy atom. The third-order valence-corrected chi connectivity index (χ3v) is 5.89. The fourth-order valence-corrected chi connectivity index (χ4v) is 4.98. The molecule has 2 aromatic rings. The average molecular weight is 295 g/mol. The van der Waals surface area contributed by atoms with E-state index in [-0.39, 0.29) is 10.3 Å². The van der Waals surface area contributed by atoms with Gasteiger partial charge in [-0.05, 0) is 31.0 Å². The number of hydrogen-bond acceptors (Lipinski definition) is 3. The molecular weight excluding hydrogens is 278 g/mol. The number of ether oxygens (including phenoxy) is 1. The molecule has 0 N–H and O–H groups in total. The summed E-state index contributed by atoms with van der Waals surface area (Å²) in [6.45, 7) is 4.93. The Balaban J connectivity index is 1.96. The molecule has 0 radical (unpaired) electrons. The van der Waals surface area contributed by atoms with Crippen LogP contribution in [0.15, 0.2) is 64.5 Å². The Bertz CT molecular complexity index is 727. The summed E-state index contributed by atoms with van der Waals surface area (Å²) in [6, 6.07) is 19.2. The SMILES string of the molecule is CCOC1=NC2(c3ccccc3)c3ccccc3SC12C. The maximum atomic E-state index is 5.80. The van der Waals surface area contributed by atoms with Crippen molar-refractivity contribution in [3.63, 3.8) is 0 Å². The quantitative estimate of drug-likeness (QED) is 0.826. The Hall–Kier alpha value is -1.74.